The Morgan fingerprint density at radius 3 is 2.82 bits per heavy atom. The molecular formula is C16H18N4O2. The standard InChI is InChI=1S/C16H18N4O2/c21-15-3-1-9-20(15)10-2-6-19-16(22)12-4-5-13-14(11-12)18-8-7-17-13/h4-5,7-8,11H,1-3,6,9-10H2,(H,19,22). The topological polar surface area (TPSA) is 75.2 Å². The Labute approximate surface area is 128 Å². The van der Waals surface area contributed by atoms with Gasteiger partial charge in [-0.05, 0) is 31.0 Å². The van der Waals surface area contributed by atoms with Crippen LogP contribution in [0.25, 0.3) is 11.0 Å². The summed E-state index contributed by atoms with van der Waals surface area (Å²) in [4.78, 5) is 33.8. The fourth-order valence-electron chi connectivity index (χ4n) is 2.62. The largest absolute Gasteiger partial charge is 0.352 e. The molecule has 0 saturated carbocycles. The van der Waals surface area contributed by atoms with E-state index in [9.17, 15) is 9.59 Å². The van der Waals surface area contributed by atoms with Gasteiger partial charge in [-0.2, -0.15) is 0 Å². The van der Waals surface area contributed by atoms with Crippen LogP contribution in [0.2, 0.25) is 0 Å². The molecule has 0 radical (unpaired) electrons. The summed E-state index contributed by atoms with van der Waals surface area (Å²) in [5, 5.41) is 2.88. The molecule has 2 heterocycles. The Morgan fingerprint density at radius 1 is 1.23 bits per heavy atom. The Kier molecular flexibility index (Phi) is 4.27. The fourth-order valence-corrected chi connectivity index (χ4v) is 2.62. The number of nitrogens with one attached hydrogen (secondary N) is 1. The van der Waals surface area contributed by atoms with E-state index in [1.54, 1.807) is 30.6 Å². The number of rotatable bonds is 5. The summed E-state index contributed by atoms with van der Waals surface area (Å²) < 4.78 is 0. The third-order valence-corrected chi connectivity index (χ3v) is 3.79. The van der Waals surface area contributed by atoms with Crippen LogP contribution < -0.4 is 5.32 Å². The van der Waals surface area contributed by atoms with Gasteiger partial charge in [0.15, 0.2) is 0 Å². The predicted molar refractivity (Wildman–Crippen MR) is 82.3 cm³/mol. The molecule has 0 spiro atoms. The van der Waals surface area contributed by atoms with Crippen molar-refractivity contribution in [2.75, 3.05) is 19.6 Å². The first kappa shape index (κ1) is 14.4. The molecule has 1 fully saturated rings. The van der Waals surface area contributed by atoms with E-state index < -0.39 is 0 Å². The number of hydrogen-bond donors (Lipinski definition) is 1. The minimum absolute atomic E-state index is 0.125. The lowest BCUT2D eigenvalue weighted by atomic mass is 10.2. The molecule has 1 aliphatic heterocycles. The van der Waals surface area contributed by atoms with Crippen LogP contribution in [0.1, 0.15) is 29.6 Å². The summed E-state index contributed by atoms with van der Waals surface area (Å²) in [6.07, 6.45) is 5.61. The van der Waals surface area contributed by atoms with Gasteiger partial charge in [-0.25, -0.2) is 0 Å². The number of amides is 2. The maximum Gasteiger partial charge on any atom is 0.251 e. The summed E-state index contributed by atoms with van der Waals surface area (Å²) in [6.45, 7) is 2.11. The third kappa shape index (κ3) is 3.21. The molecule has 3 rings (SSSR count). The molecule has 1 aliphatic rings. The number of aromatic nitrogens is 2. The Morgan fingerprint density at radius 2 is 2.05 bits per heavy atom. The minimum atomic E-state index is -0.125. The molecule has 22 heavy (non-hydrogen) atoms. The Hall–Kier alpha value is -2.50. The number of fused-ring (bicyclic) bond motifs is 1. The van der Waals surface area contributed by atoms with Gasteiger partial charge in [-0.1, -0.05) is 0 Å². The maximum atomic E-state index is 12.1. The van der Waals surface area contributed by atoms with E-state index in [1.807, 2.05) is 4.90 Å². The van der Waals surface area contributed by atoms with E-state index in [4.69, 9.17) is 0 Å². The van der Waals surface area contributed by atoms with Crippen molar-refractivity contribution in [3.63, 3.8) is 0 Å². The van der Waals surface area contributed by atoms with Crippen LogP contribution in [0.3, 0.4) is 0 Å². The van der Waals surface area contributed by atoms with Crippen LogP contribution in [-0.4, -0.2) is 46.3 Å². The highest BCUT2D eigenvalue weighted by Crippen LogP contribution is 2.11. The molecule has 1 aromatic carbocycles. The van der Waals surface area contributed by atoms with E-state index >= 15 is 0 Å². The molecule has 2 amide bonds. The molecule has 1 N–H and O–H groups in total. The van der Waals surface area contributed by atoms with Crippen molar-refractivity contribution >= 4 is 22.8 Å². The van der Waals surface area contributed by atoms with Crippen molar-refractivity contribution in [3.8, 4) is 0 Å². The highest BCUT2D eigenvalue weighted by atomic mass is 16.2. The smallest absolute Gasteiger partial charge is 0.251 e. The molecular weight excluding hydrogens is 280 g/mol. The highest BCUT2D eigenvalue weighted by molar-refractivity contribution is 5.97. The van der Waals surface area contributed by atoms with E-state index in [0.717, 1.165) is 24.9 Å². The molecule has 0 aliphatic carbocycles. The van der Waals surface area contributed by atoms with Crippen LogP contribution in [0.5, 0.6) is 0 Å². The second-order valence-electron chi connectivity index (χ2n) is 5.35. The number of hydrogen-bond acceptors (Lipinski definition) is 4. The van der Waals surface area contributed by atoms with Crippen molar-refractivity contribution < 1.29 is 9.59 Å². The first-order chi connectivity index (χ1) is 10.7. The molecule has 6 nitrogen and oxygen atoms in total. The Bertz CT molecular complexity index is 701. The zero-order chi connectivity index (χ0) is 15.4. The van der Waals surface area contributed by atoms with Crippen LogP contribution in [0.4, 0.5) is 0 Å². The molecule has 0 bridgehead atoms. The molecule has 2 aromatic rings. The molecule has 0 unspecified atom stereocenters. The number of carbonyl (C=O) groups excluding carboxylic acids is 2. The monoisotopic (exact) mass is 298 g/mol. The van der Waals surface area contributed by atoms with Gasteiger partial charge in [0, 0.05) is 44.0 Å². The van der Waals surface area contributed by atoms with Gasteiger partial charge in [-0.3, -0.25) is 19.6 Å². The van der Waals surface area contributed by atoms with E-state index in [-0.39, 0.29) is 11.8 Å². The average Bonchev–Trinajstić information content (AvgIpc) is 2.96. The van der Waals surface area contributed by atoms with Crippen molar-refractivity contribution in [1.82, 2.24) is 20.2 Å². The number of nitrogens with zero attached hydrogens (tertiary/aromatic N) is 3. The van der Waals surface area contributed by atoms with Crippen molar-refractivity contribution in [1.29, 1.82) is 0 Å². The van der Waals surface area contributed by atoms with Gasteiger partial charge in [0.2, 0.25) is 5.91 Å². The van der Waals surface area contributed by atoms with E-state index in [2.05, 4.69) is 15.3 Å². The van der Waals surface area contributed by atoms with Crippen LogP contribution >= 0.6 is 0 Å². The van der Waals surface area contributed by atoms with Gasteiger partial charge < -0.3 is 10.2 Å². The third-order valence-electron chi connectivity index (χ3n) is 3.79. The van der Waals surface area contributed by atoms with Crippen molar-refractivity contribution in [2.24, 2.45) is 0 Å². The lowest BCUT2D eigenvalue weighted by Crippen LogP contribution is -2.30. The van der Waals surface area contributed by atoms with Crippen LogP contribution in [0.15, 0.2) is 30.6 Å². The first-order valence-corrected chi connectivity index (χ1v) is 7.51. The lowest BCUT2D eigenvalue weighted by molar-refractivity contribution is -0.127. The number of carbonyl (C=O) groups is 2. The molecule has 0 atom stereocenters. The number of benzene rings is 1. The molecule has 1 aromatic heterocycles. The van der Waals surface area contributed by atoms with Gasteiger partial charge in [0.25, 0.3) is 5.91 Å². The molecule has 114 valence electrons. The predicted octanol–water partition coefficient (Wildman–Crippen LogP) is 1.37. The lowest BCUT2D eigenvalue weighted by Gasteiger charge is -2.15. The summed E-state index contributed by atoms with van der Waals surface area (Å²) in [6, 6.07) is 5.28. The average molecular weight is 298 g/mol. The van der Waals surface area contributed by atoms with Crippen molar-refractivity contribution in [3.05, 3.63) is 36.2 Å². The molecule has 1 saturated heterocycles. The maximum absolute atomic E-state index is 12.1. The van der Waals surface area contributed by atoms with E-state index in [0.29, 0.717) is 30.6 Å². The second-order valence-corrected chi connectivity index (χ2v) is 5.35. The summed E-state index contributed by atoms with van der Waals surface area (Å²) in [5.74, 6) is 0.0970. The minimum Gasteiger partial charge on any atom is -0.352 e. The van der Waals surface area contributed by atoms with Gasteiger partial charge >= 0.3 is 0 Å². The SMILES string of the molecule is O=C(NCCCN1CCCC1=O)c1ccc2nccnc2c1. The fraction of sp³-hybridized carbons (Fsp3) is 0.375. The quantitative estimate of drug-likeness (QED) is 0.846. The van der Waals surface area contributed by atoms with Crippen molar-refractivity contribution in [2.45, 2.75) is 19.3 Å². The van der Waals surface area contributed by atoms with Gasteiger partial charge in [0.05, 0.1) is 11.0 Å². The highest BCUT2D eigenvalue weighted by Gasteiger charge is 2.19. The second kappa shape index (κ2) is 6.51. The van der Waals surface area contributed by atoms with E-state index in [1.165, 1.54) is 0 Å². The number of likely N-dealkylation sites (tertiary alicyclic amines) is 1. The first-order valence-electron chi connectivity index (χ1n) is 7.51. The zero-order valence-electron chi connectivity index (χ0n) is 12.3. The summed E-state index contributed by atoms with van der Waals surface area (Å²) in [5.41, 5.74) is 2.05. The van der Waals surface area contributed by atoms with Crippen LogP contribution in [-0.2, 0) is 4.79 Å². The Balaban J connectivity index is 1.51. The zero-order valence-corrected chi connectivity index (χ0v) is 12.3. The summed E-state index contributed by atoms with van der Waals surface area (Å²) in [7, 11) is 0. The molecule has 6 heteroatoms. The summed E-state index contributed by atoms with van der Waals surface area (Å²) >= 11 is 0. The van der Waals surface area contributed by atoms with Gasteiger partial charge in [-0.15, -0.1) is 0 Å². The van der Waals surface area contributed by atoms with Crippen LogP contribution in [0, 0.1) is 0 Å². The normalized spacial score (nSPS) is 14.5. The van der Waals surface area contributed by atoms with Gasteiger partial charge in [0.1, 0.15) is 0 Å².